The van der Waals surface area contributed by atoms with Gasteiger partial charge in [0.15, 0.2) is 0 Å². The third kappa shape index (κ3) is 4.78. The molecule has 2 fully saturated rings. The third-order valence-corrected chi connectivity index (χ3v) is 6.94. The van der Waals surface area contributed by atoms with Gasteiger partial charge in [0.1, 0.15) is 5.75 Å². The van der Waals surface area contributed by atoms with Gasteiger partial charge in [0.05, 0.1) is 12.7 Å². The van der Waals surface area contributed by atoms with Crippen molar-refractivity contribution < 1.29 is 19.4 Å². The van der Waals surface area contributed by atoms with Crippen LogP contribution in [0.3, 0.4) is 0 Å². The van der Waals surface area contributed by atoms with Gasteiger partial charge in [-0.05, 0) is 36.6 Å². The van der Waals surface area contributed by atoms with E-state index in [2.05, 4.69) is 5.32 Å². The van der Waals surface area contributed by atoms with Crippen LogP contribution < -0.4 is 5.32 Å². The number of hydrogen-bond acceptors (Lipinski definition) is 4. The van der Waals surface area contributed by atoms with E-state index in [-0.39, 0.29) is 35.4 Å². The number of piperidine rings is 1. The van der Waals surface area contributed by atoms with Crippen LogP contribution in [0.1, 0.15) is 61.7 Å². The predicted molar refractivity (Wildman–Crippen MR) is 120 cm³/mol. The average molecular weight is 425 g/mol. The largest absolute Gasteiger partial charge is 0.506 e. The van der Waals surface area contributed by atoms with Crippen molar-refractivity contribution in [2.45, 2.75) is 63.5 Å². The molecule has 1 heterocycles. The molecule has 2 aromatic carbocycles. The molecule has 1 aliphatic heterocycles. The van der Waals surface area contributed by atoms with Gasteiger partial charge in [0.2, 0.25) is 0 Å². The number of amides is 2. The fourth-order valence-corrected chi connectivity index (χ4v) is 5.27. The molecule has 31 heavy (non-hydrogen) atoms. The van der Waals surface area contributed by atoms with Crippen molar-refractivity contribution >= 4 is 22.8 Å². The number of likely N-dealkylation sites (tertiary alicyclic amines) is 1. The number of benzene rings is 2. The minimum Gasteiger partial charge on any atom is -0.506 e. The molecule has 6 heteroatoms. The first-order chi connectivity index (χ1) is 15.1. The number of carbonyl (C=O) groups excluding carboxylic acids is 2. The lowest BCUT2D eigenvalue weighted by atomic mass is 9.82. The normalized spacial score (nSPS) is 22.3. The smallest absolute Gasteiger partial charge is 0.409 e. The van der Waals surface area contributed by atoms with Crippen LogP contribution in [0.5, 0.6) is 5.75 Å². The lowest BCUT2D eigenvalue weighted by Crippen LogP contribution is -2.52. The van der Waals surface area contributed by atoms with E-state index in [0.717, 1.165) is 11.8 Å². The number of ether oxygens (including phenoxy) is 1. The lowest BCUT2D eigenvalue weighted by molar-refractivity contribution is 0.0664. The molecule has 166 valence electrons. The van der Waals surface area contributed by atoms with Gasteiger partial charge in [-0.15, -0.1) is 0 Å². The standard InChI is InChI=1S/C25H32N2O4/c1-31-25(30)27-14-13-19(16-20(27)15-17-7-3-2-4-8-17)26-24(29)22-12-11-18-9-5-6-10-21(18)23(22)28/h5-6,9-12,17,19-20,28H,2-4,7-8,13-16H2,1H3,(H,26,29)/t19-,20+/m1/s1. The number of carbonyl (C=O) groups is 2. The van der Waals surface area contributed by atoms with Gasteiger partial charge in [0, 0.05) is 24.0 Å². The minimum absolute atomic E-state index is 0.0151. The summed E-state index contributed by atoms with van der Waals surface area (Å²) in [6, 6.07) is 11.1. The minimum atomic E-state index is -0.280. The van der Waals surface area contributed by atoms with Gasteiger partial charge >= 0.3 is 6.09 Å². The average Bonchev–Trinajstić information content (AvgIpc) is 2.80. The highest BCUT2D eigenvalue weighted by Gasteiger charge is 2.35. The number of phenols is 1. The SMILES string of the molecule is COC(=O)N1CC[C@@H](NC(=O)c2ccc3ccccc3c2O)C[C@@H]1CC1CCCCC1. The zero-order valence-corrected chi connectivity index (χ0v) is 18.2. The Kier molecular flexibility index (Phi) is 6.64. The Morgan fingerprint density at radius 1 is 1.10 bits per heavy atom. The Hall–Kier alpha value is -2.76. The number of aromatic hydroxyl groups is 1. The fourth-order valence-electron chi connectivity index (χ4n) is 5.27. The molecule has 1 aliphatic carbocycles. The number of nitrogens with one attached hydrogen (secondary N) is 1. The summed E-state index contributed by atoms with van der Waals surface area (Å²) in [7, 11) is 1.43. The van der Waals surface area contributed by atoms with E-state index in [0.29, 0.717) is 30.7 Å². The van der Waals surface area contributed by atoms with Crippen molar-refractivity contribution in [2.24, 2.45) is 5.92 Å². The van der Waals surface area contributed by atoms with Crippen molar-refractivity contribution in [1.82, 2.24) is 10.2 Å². The number of nitrogens with zero attached hydrogens (tertiary/aromatic N) is 1. The molecule has 0 bridgehead atoms. The fraction of sp³-hybridized carbons (Fsp3) is 0.520. The van der Waals surface area contributed by atoms with E-state index in [1.54, 1.807) is 6.07 Å². The first-order valence-corrected chi connectivity index (χ1v) is 11.4. The maximum Gasteiger partial charge on any atom is 0.409 e. The molecule has 0 aromatic heterocycles. The van der Waals surface area contributed by atoms with Crippen molar-refractivity contribution in [3.63, 3.8) is 0 Å². The summed E-state index contributed by atoms with van der Waals surface area (Å²) in [6.07, 6.45) is 8.33. The molecule has 2 atom stereocenters. The summed E-state index contributed by atoms with van der Waals surface area (Å²) in [6.45, 7) is 0.568. The molecule has 6 nitrogen and oxygen atoms in total. The van der Waals surface area contributed by atoms with E-state index in [1.807, 2.05) is 35.2 Å². The molecule has 0 radical (unpaired) electrons. The van der Waals surface area contributed by atoms with Gasteiger partial charge in [-0.3, -0.25) is 4.79 Å². The molecule has 1 saturated heterocycles. The monoisotopic (exact) mass is 424 g/mol. The topological polar surface area (TPSA) is 78.9 Å². The summed E-state index contributed by atoms with van der Waals surface area (Å²) in [5.41, 5.74) is 0.290. The molecule has 4 rings (SSSR count). The first kappa shape index (κ1) is 21.5. The van der Waals surface area contributed by atoms with E-state index in [4.69, 9.17) is 4.74 Å². The van der Waals surface area contributed by atoms with E-state index >= 15 is 0 Å². The summed E-state index contributed by atoms with van der Waals surface area (Å²) >= 11 is 0. The molecule has 2 N–H and O–H groups in total. The maximum absolute atomic E-state index is 13.0. The molecule has 1 saturated carbocycles. The second-order valence-corrected chi connectivity index (χ2v) is 8.93. The zero-order chi connectivity index (χ0) is 21.8. The highest BCUT2D eigenvalue weighted by atomic mass is 16.5. The quantitative estimate of drug-likeness (QED) is 0.736. The van der Waals surface area contributed by atoms with E-state index in [1.165, 1.54) is 39.2 Å². The summed E-state index contributed by atoms with van der Waals surface area (Å²) in [5, 5.41) is 15.3. The van der Waals surface area contributed by atoms with Gasteiger partial charge in [-0.2, -0.15) is 0 Å². The predicted octanol–water partition coefficient (Wildman–Crippen LogP) is 4.85. The molecular formula is C25H32N2O4. The van der Waals surface area contributed by atoms with Crippen molar-refractivity contribution in [3.05, 3.63) is 42.0 Å². The summed E-state index contributed by atoms with van der Waals surface area (Å²) < 4.78 is 5.02. The van der Waals surface area contributed by atoms with Crippen molar-refractivity contribution in [1.29, 1.82) is 0 Å². The second-order valence-electron chi connectivity index (χ2n) is 8.93. The Labute approximate surface area is 183 Å². The van der Waals surface area contributed by atoms with Gasteiger partial charge in [0.25, 0.3) is 5.91 Å². The van der Waals surface area contributed by atoms with Crippen LogP contribution in [-0.2, 0) is 4.74 Å². The van der Waals surface area contributed by atoms with Crippen LogP contribution in [0.25, 0.3) is 10.8 Å². The highest BCUT2D eigenvalue weighted by Crippen LogP contribution is 2.33. The van der Waals surface area contributed by atoms with Crippen LogP contribution in [0.2, 0.25) is 0 Å². The number of methoxy groups -OCH3 is 1. The summed E-state index contributed by atoms with van der Waals surface area (Å²) in [5.74, 6) is 0.377. The highest BCUT2D eigenvalue weighted by molar-refractivity contribution is 6.03. The number of rotatable bonds is 4. The lowest BCUT2D eigenvalue weighted by Gasteiger charge is -2.40. The summed E-state index contributed by atoms with van der Waals surface area (Å²) in [4.78, 5) is 27.1. The number of hydrogen-bond donors (Lipinski definition) is 2. The molecule has 0 unspecified atom stereocenters. The Morgan fingerprint density at radius 2 is 1.87 bits per heavy atom. The molecular weight excluding hydrogens is 392 g/mol. The van der Waals surface area contributed by atoms with Gasteiger partial charge < -0.3 is 20.1 Å². The second kappa shape index (κ2) is 9.58. The molecule has 0 spiro atoms. The van der Waals surface area contributed by atoms with Crippen LogP contribution in [0, 0.1) is 5.92 Å². The Morgan fingerprint density at radius 3 is 2.65 bits per heavy atom. The first-order valence-electron chi connectivity index (χ1n) is 11.4. The maximum atomic E-state index is 13.0. The van der Waals surface area contributed by atoms with Gasteiger partial charge in [-0.1, -0.05) is 62.4 Å². The van der Waals surface area contributed by atoms with E-state index < -0.39 is 0 Å². The van der Waals surface area contributed by atoms with Crippen LogP contribution in [0.15, 0.2) is 36.4 Å². The van der Waals surface area contributed by atoms with Crippen LogP contribution in [0.4, 0.5) is 4.79 Å². The van der Waals surface area contributed by atoms with Crippen molar-refractivity contribution in [2.75, 3.05) is 13.7 Å². The Balaban J connectivity index is 1.46. The van der Waals surface area contributed by atoms with Crippen LogP contribution in [-0.4, -0.2) is 47.7 Å². The molecule has 2 amide bonds. The number of phenolic OH excluding ortho intramolecular Hbond substituents is 1. The molecule has 2 aliphatic rings. The number of fused-ring (bicyclic) bond motifs is 1. The van der Waals surface area contributed by atoms with Crippen LogP contribution >= 0.6 is 0 Å². The molecule has 2 aromatic rings. The third-order valence-electron chi connectivity index (χ3n) is 6.94. The Bertz CT molecular complexity index is 938. The van der Waals surface area contributed by atoms with E-state index in [9.17, 15) is 14.7 Å². The van der Waals surface area contributed by atoms with Crippen molar-refractivity contribution in [3.8, 4) is 5.75 Å². The van der Waals surface area contributed by atoms with Gasteiger partial charge in [-0.25, -0.2) is 4.79 Å². The zero-order valence-electron chi connectivity index (χ0n) is 18.2.